The molecule has 6 nitrogen and oxygen atoms in total. The highest BCUT2D eigenvalue weighted by Crippen LogP contribution is 2.43. The molecule has 0 amide bonds. The molecule has 0 aromatic heterocycles. The quantitative estimate of drug-likeness (QED) is 0.498. The van der Waals surface area contributed by atoms with Crippen molar-refractivity contribution in [2.75, 3.05) is 33.4 Å². The molecule has 0 spiro atoms. The van der Waals surface area contributed by atoms with E-state index in [1.807, 2.05) is 32.0 Å². The molecule has 2 fully saturated rings. The van der Waals surface area contributed by atoms with Gasteiger partial charge in [0.25, 0.3) is 0 Å². The van der Waals surface area contributed by atoms with Gasteiger partial charge >= 0.3 is 0 Å². The molecule has 2 unspecified atom stereocenters. The number of ether oxygens (including phenoxy) is 1. The molecule has 0 saturated carbocycles. The van der Waals surface area contributed by atoms with Gasteiger partial charge in [0.05, 0.1) is 11.5 Å². The molecule has 0 aliphatic carbocycles. The van der Waals surface area contributed by atoms with Gasteiger partial charge in [0.1, 0.15) is 5.75 Å². The molecule has 2 aliphatic heterocycles. The second-order valence-electron chi connectivity index (χ2n) is 10.3. The number of fused-ring (bicyclic) bond motifs is 1. The molecule has 3 aromatic carbocycles. The Morgan fingerprint density at radius 2 is 1.68 bits per heavy atom. The Kier molecular flexibility index (Phi) is 7.41. The summed E-state index contributed by atoms with van der Waals surface area (Å²) in [7, 11) is -1.85. The number of aryl methyl sites for hydroxylation is 2. The van der Waals surface area contributed by atoms with Crippen molar-refractivity contribution in [2.24, 2.45) is 0 Å². The maximum absolute atomic E-state index is 13.7. The lowest BCUT2D eigenvalue weighted by molar-refractivity contribution is -0.0635. The molecule has 5 rings (SSSR count). The van der Waals surface area contributed by atoms with Crippen molar-refractivity contribution >= 4 is 10.0 Å². The number of sulfonamides is 1. The topological polar surface area (TPSA) is 70.1 Å². The molecule has 3 aromatic rings. The number of aromatic hydroxyl groups is 1. The smallest absolute Gasteiger partial charge is 0.243 e. The molecule has 0 radical (unpaired) electrons. The summed E-state index contributed by atoms with van der Waals surface area (Å²) in [5.41, 5.74) is 5.20. The van der Waals surface area contributed by atoms with Gasteiger partial charge in [-0.2, -0.15) is 4.31 Å². The van der Waals surface area contributed by atoms with E-state index in [0.717, 1.165) is 41.6 Å². The van der Waals surface area contributed by atoms with E-state index in [9.17, 15) is 13.5 Å². The minimum absolute atomic E-state index is 0.0977. The van der Waals surface area contributed by atoms with E-state index in [1.165, 1.54) is 5.56 Å². The van der Waals surface area contributed by atoms with Crippen LogP contribution < -0.4 is 0 Å². The number of phenolic OH excluding ortho intramolecular Hbond substituents is 1. The van der Waals surface area contributed by atoms with Gasteiger partial charge in [-0.1, -0.05) is 48.5 Å². The lowest BCUT2D eigenvalue weighted by atomic mass is 9.74. The van der Waals surface area contributed by atoms with Crippen molar-refractivity contribution in [3.8, 4) is 16.9 Å². The van der Waals surface area contributed by atoms with Crippen LogP contribution in [0.5, 0.6) is 5.75 Å². The number of methoxy groups -OCH3 is 1. The summed E-state index contributed by atoms with van der Waals surface area (Å²) in [5.74, 6) is 0.451. The number of rotatable bonds is 6. The van der Waals surface area contributed by atoms with Crippen LogP contribution in [-0.2, 0) is 14.8 Å². The lowest BCUT2D eigenvalue weighted by Crippen LogP contribution is -2.68. The van der Waals surface area contributed by atoms with Gasteiger partial charge in [0, 0.05) is 38.2 Å². The average Bonchev–Trinajstić information content (AvgIpc) is 2.85. The lowest BCUT2D eigenvalue weighted by Gasteiger charge is -2.57. The Bertz CT molecular complexity index is 1360. The van der Waals surface area contributed by atoms with Crippen LogP contribution in [-0.4, -0.2) is 68.2 Å². The van der Waals surface area contributed by atoms with E-state index >= 15 is 0 Å². The summed E-state index contributed by atoms with van der Waals surface area (Å²) in [5, 5.41) is 9.78. The van der Waals surface area contributed by atoms with Crippen LogP contribution >= 0.6 is 0 Å². The molecule has 3 atom stereocenters. The third-order valence-electron chi connectivity index (χ3n) is 8.01. The molecule has 2 heterocycles. The number of phenols is 1. The fourth-order valence-corrected chi connectivity index (χ4v) is 7.84. The minimum atomic E-state index is -3.59. The van der Waals surface area contributed by atoms with E-state index in [1.54, 1.807) is 35.7 Å². The molecular formula is C30H36N2O4S. The van der Waals surface area contributed by atoms with Gasteiger partial charge in [-0.3, -0.25) is 4.90 Å². The summed E-state index contributed by atoms with van der Waals surface area (Å²) in [6.07, 6.45) is 1.81. The monoisotopic (exact) mass is 520 g/mol. The van der Waals surface area contributed by atoms with Crippen LogP contribution in [0.1, 0.15) is 35.4 Å². The van der Waals surface area contributed by atoms with Crippen molar-refractivity contribution in [1.82, 2.24) is 9.21 Å². The fourth-order valence-electron chi connectivity index (χ4n) is 6.12. The molecule has 37 heavy (non-hydrogen) atoms. The third-order valence-corrected chi connectivity index (χ3v) is 10.0. The highest BCUT2D eigenvalue weighted by molar-refractivity contribution is 7.89. The zero-order valence-electron chi connectivity index (χ0n) is 21.8. The van der Waals surface area contributed by atoms with Gasteiger partial charge in [0.15, 0.2) is 0 Å². The molecule has 2 aliphatic rings. The van der Waals surface area contributed by atoms with Crippen LogP contribution in [0.3, 0.4) is 0 Å². The number of nitrogens with zero attached hydrogens (tertiary/aromatic N) is 2. The van der Waals surface area contributed by atoms with Gasteiger partial charge in [-0.15, -0.1) is 0 Å². The molecule has 1 N–H and O–H groups in total. The zero-order valence-corrected chi connectivity index (χ0v) is 22.6. The Labute approximate surface area is 220 Å². The second-order valence-corrected chi connectivity index (χ2v) is 12.2. The first-order valence-electron chi connectivity index (χ1n) is 13.0. The number of hydrogen-bond acceptors (Lipinski definition) is 5. The van der Waals surface area contributed by atoms with Gasteiger partial charge in [-0.25, -0.2) is 8.42 Å². The van der Waals surface area contributed by atoms with E-state index in [0.29, 0.717) is 24.6 Å². The maximum atomic E-state index is 13.7. The van der Waals surface area contributed by atoms with Crippen molar-refractivity contribution in [3.05, 3.63) is 83.4 Å². The van der Waals surface area contributed by atoms with E-state index < -0.39 is 10.0 Å². The van der Waals surface area contributed by atoms with Crippen molar-refractivity contribution in [2.45, 2.75) is 49.6 Å². The number of benzene rings is 3. The average molecular weight is 521 g/mol. The van der Waals surface area contributed by atoms with Crippen molar-refractivity contribution < 1.29 is 18.3 Å². The summed E-state index contributed by atoms with van der Waals surface area (Å²) in [6, 6.07) is 21.6. The highest BCUT2D eigenvalue weighted by atomic mass is 32.2. The van der Waals surface area contributed by atoms with Crippen LogP contribution in [0.25, 0.3) is 11.1 Å². The Hall–Kier alpha value is -2.71. The predicted molar refractivity (Wildman–Crippen MR) is 146 cm³/mol. The van der Waals surface area contributed by atoms with Gasteiger partial charge in [-0.05, 0) is 79.3 Å². The summed E-state index contributed by atoms with van der Waals surface area (Å²) < 4.78 is 34.8. The zero-order chi connectivity index (χ0) is 26.2. The predicted octanol–water partition coefficient (Wildman–Crippen LogP) is 4.94. The summed E-state index contributed by atoms with van der Waals surface area (Å²) in [6.45, 7) is 6.45. The molecular weight excluding hydrogens is 484 g/mol. The van der Waals surface area contributed by atoms with E-state index in [2.05, 4.69) is 29.2 Å². The van der Waals surface area contributed by atoms with E-state index in [4.69, 9.17) is 4.74 Å². The molecule has 0 bridgehead atoms. The highest BCUT2D eigenvalue weighted by Gasteiger charge is 2.50. The van der Waals surface area contributed by atoms with Gasteiger partial charge < -0.3 is 9.84 Å². The fraction of sp³-hybridized carbons (Fsp3) is 0.400. The second kappa shape index (κ2) is 10.6. The Morgan fingerprint density at radius 3 is 2.38 bits per heavy atom. The van der Waals surface area contributed by atoms with E-state index in [-0.39, 0.29) is 23.8 Å². The van der Waals surface area contributed by atoms with Crippen molar-refractivity contribution in [3.63, 3.8) is 0 Å². The van der Waals surface area contributed by atoms with Crippen LogP contribution in [0.15, 0.2) is 71.6 Å². The minimum Gasteiger partial charge on any atom is -0.508 e. The SMILES string of the molecule is COCC1[C@@H](c2ccc(-c3ccc(O)cc3C)cc2)C2CN(S(=O)(=O)c3ccccc3C)CCCCN12. The normalized spacial score (nSPS) is 23.1. The number of hydrogen-bond donors (Lipinski definition) is 1. The van der Waals surface area contributed by atoms with Crippen LogP contribution in [0.2, 0.25) is 0 Å². The van der Waals surface area contributed by atoms with Crippen LogP contribution in [0.4, 0.5) is 0 Å². The Morgan fingerprint density at radius 1 is 0.946 bits per heavy atom. The summed E-state index contributed by atoms with van der Waals surface area (Å²) in [4.78, 5) is 2.85. The first-order chi connectivity index (χ1) is 17.8. The first-order valence-corrected chi connectivity index (χ1v) is 14.5. The Balaban J connectivity index is 1.45. The van der Waals surface area contributed by atoms with Crippen molar-refractivity contribution in [1.29, 1.82) is 0 Å². The molecule has 2 saturated heterocycles. The maximum Gasteiger partial charge on any atom is 0.243 e. The summed E-state index contributed by atoms with van der Waals surface area (Å²) >= 11 is 0. The molecule has 7 heteroatoms. The third kappa shape index (κ3) is 4.93. The first kappa shape index (κ1) is 25.9. The van der Waals surface area contributed by atoms with Crippen LogP contribution in [0, 0.1) is 13.8 Å². The molecule has 196 valence electrons. The largest absolute Gasteiger partial charge is 0.508 e. The standard InChI is InChI=1S/C30H36N2O4S/c1-21-8-4-5-9-29(21)37(34,35)31-16-6-7-17-32-27(19-31)30(28(32)20-36-3)24-12-10-23(11-13-24)26-15-14-25(33)18-22(26)2/h4-5,8-15,18,27-28,30,33H,6-7,16-17,19-20H2,1-3H3/t27?,28?,30-/m0/s1. The van der Waals surface area contributed by atoms with Gasteiger partial charge in [0.2, 0.25) is 10.0 Å².